The van der Waals surface area contributed by atoms with E-state index in [9.17, 15) is 4.79 Å². The van der Waals surface area contributed by atoms with Crippen LogP contribution in [-0.2, 0) is 0 Å². The van der Waals surface area contributed by atoms with Crippen molar-refractivity contribution in [3.63, 3.8) is 0 Å². The van der Waals surface area contributed by atoms with Crippen LogP contribution in [0.25, 0.3) is 22.4 Å². The van der Waals surface area contributed by atoms with E-state index in [4.69, 9.17) is 11.6 Å². The summed E-state index contributed by atoms with van der Waals surface area (Å²) in [6, 6.07) is 13.8. The van der Waals surface area contributed by atoms with Crippen LogP contribution in [0.1, 0.15) is 29.6 Å². The zero-order valence-corrected chi connectivity index (χ0v) is 17.3. The lowest BCUT2D eigenvalue weighted by atomic mass is 9.83. The fourth-order valence-electron chi connectivity index (χ4n) is 4.89. The van der Waals surface area contributed by atoms with E-state index >= 15 is 0 Å². The predicted molar refractivity (Wildman–Crippen MR) is 116 cm³/mol. The number of nitrogens with one attached hydrogen (secondary N) is 1. The number of nitrogens with zero attached hydrogens (tertiary/aromatic N) is 3. The fraction of sp³-hybridized carbons (Fsp3) is 0.391. The monoisotopic (exact) mass is 408 g/mol. The van der Waals surface area contributed by atoms with Gasteiger partial charge in [0.05, 0.1) is 11.0 Å². The topological polar surface area (TPSA) is 52.2 Å². The maximum absolute atomic E-state index is 13.4. The van der Waals surface area contributed by atoms with E-state index in [-0.39, 0.29) is 5.91 Å². The van der Waals surface area contributed by atoms with Gasteiger partial charge in [-0.1, -0.05) is 11.6 Å². The molecule has 2 fully saturated rings. The summed E-state index contributed by atoms with van der Waals surface area (Å²) in [6.45, 7) is 3.02. The number of halogens is 1. The highest BCUT2D eigenvalue weighted by atomic mass is 35.5. The zero-order chi connectivity index (χ0) is 20.0. The molecule has 3 heterocycles. The van der Waals surface area contributed by atoms with Gasteiger partial charge in [0, 0.05) is 35.3 Å². The van der Waals surface area contributed by atoms with E-state index in [1.54, 1.807) is 0 Å². The third-order valence-electron chi connectivity index (χ3n) is 6.38. The number of fused-ring (bicyclic) bond motifs is 2. The van der Waals surface area contributed by atoms with Gasteiger partial charge in [-0.15, -0.1) is 0 Å². The van der Waals surface area contributed by atoms with Crippen LogP contribution in [0.4, 0.5) is 0 Å². The van der Waals surface area contributed by atoms with Gasteiger partial charge in [-0.2, -0.15) is 0 Å². The van der Waals surface area contributed by atoms with E-state index in [1.807, 2.05) is 42.5 Å². The number of amides is 1. The number of rotatable bonds is 2. The SMILES string of the molecule is CN1CCC2C(CCCN2C(=O)c2ccc3nc(-c4ccc(Cl)cc4)[nH]c3c2)C1. The van der Waals surface area contributed by atoms with Crippen molar-refractivity contribution in [2.75, 3.05) is 26.7 Å². The molecular formula is C23H25ClN4O. The molecule has 3 aromatic rings. The van der Waals surface area contributed by atoms with Gasteiger partial charge in [0.15, 0.2) is 0 Å². The lowest BCUT2D eigenvalue weighted by Crippen LogP contribution is -2.55. The quantitative estimate of drug-likeness (QED) is 0.682. The molecule has 5 nitrogen and oxygen atoms in total. The van der Waals surface area contributed by atoms with E-state index in [0.717, 1.165) is 60.5 Å². The second-order valence-electron chi connectivity index (χ2n) is 8.34. The molecule has 6 heteroatoms. The first-order valence-corrected chi connectivity index (χ1v) is 10.7. The van der Waals surface area contributed by atoms with Gasteiger partial charge in [0.1, 0.15) is 5.82 Å². The van der Waals surface area contributed by atoms with Crippen LogP contribution < -0.4 is 0 Å². The number of piperidine rings is 2. The number of hydrogen-bond acceptors (Lipinski definition) is 3. The summed E-state index contributed by atoms with van der Waals surface area (Å²) < 4.78 is 0. The number of benzene rings is 2. The summed E-state index contributed by atoms with van der Waals surface area (Å²) in [5, 5.41) is 0.700. The third kappa shape index (κ3) is 3.53. The van der Waals surface area contributed by atoms with Crippen molar-refractivity contribution in [2.45, 2.75) is 25.3 Å². The number of aromatic amines is 1. The predicted octanol–water partition coefficient (Wildman–Crippen LogP) is 4.44. The standard InChI is InChI=1S/C23H25ClN4O/c1-27-12-10-21-17(14-27)3-2-11-28(21)23(29)16-6-9-19-20(13-16)26-22(25-19)15-4-7-18(24)8-5-15/h4-9,13,17,21H,2-3,10-12,14H2,1H3,(H,25,26). The van der Waals surface area contributed by atoms with Crippen LogP contribution in [0.15, 0.2) is 42.5 Å². The normalized spacial score (nSPS) is 22.6. The minimum absolute atomic E-state index is 0.147. The average molecular weight is 409 g/mol. The number of carbonyl (C=O) groups is 1. The van der Waals surface area contributed by atoms with Crippen molar-refractivity contribution in [2.24, 2.45) is 5.92 Å². The largest absolute Gasteiger partial charge is 0.338 e. The molecule has 0 aliphatic carbocycles. The third-order valence-corrected chi connectivity index (χ3v) is 6.63. The zero-order valence-electron chi connectivity index (χ0n) is 16.6. The number of likely N-dealkylation sites (tertiary alicyclic amines) is 2. The Hall–Kier alpha value is -2.37. The summed E-state index contributed by atoms with van der Waals surface area (Å²) in [5.74, 6) is 1.53. The number of aromatic nitrogens is 2. The minimum atomic E-state index is 0.147. The lowest BCUT2D eigenvalue weighted by molar-refractivity contribution is 0.0254. The Morgan fingerprint density at radius 2 is 1.97 bits per heavy atom. The summed E-state index contributed by atoms with van der Waals surface area (Å²) in [4.78, 5) is 25.9. The first kappa shape index (κ1) is 18.6. The smallest absolute Gasteiger partial charge is 0.254 e. The molecule has 2 aliphatic rings. The first-order valence-electron chi connectivity index (χ1n) is 10.3. The molecule has 2 saturated heterocycles. The Kier molecular flexibility index (Phi) is 4.80. The lowest BCUT2D eigenvalue weighted by Gasteiger charge is -2.46. The Balaban J connectivity index is 1.42. The van der Waals surface area contributed by atoms with Gasteiger partial charge >= 0.3 is 0 Å². The molecule has 150 valence electrons. The van der Waals surface area contributed by atoms with E-state index < -0.39 is 0 Å². The molecule has 0 radical (unpaired) electrons. The molecular weight excluding hydrogens is 384 g/mol. The fourth-order valence-corrected chi connectivity index (χ4v) is 5.02. The average Bonchev–Trinajstić information content (AvgIpc) is 3.16. The highest BCUT2D eigenvalue weighted by molar-refractivity contribution is 6.30. The second kappa shape index (κ2) is 7.47. The van der Waals surface area contributed by atoms with Gasteiger partial charge in [-0.25, -0.2) is 4.98 Å². The maximum atomic E-state index is 13.4. The molecule has 0 spiro atoms. The maximum Gasteiger partial charge on any atom is 0.254 e. The van der Waals surface area contributed by atoms with Crippen LogP contribution in [0.2, 0.25) is 5.02 Å². The van der Waals surface area contributed by atoms with E-state index in [1.165, 1.54) is 6.42 Å². The highest BCUT2D eigenvalue weighted by Crippen LogP contribution is 2.31. The Morgan fingerprint density at radius 3 is 2.79 bits per heavy atom. The molecule has 2 unspecified atom stereocenters. The van der Waals surface area contributed by atoms with E-state index in [2.05, 4.69) is 26.8 Å². The van der Waals surface area contributed by atoms with Crippen molar-refractivity contribution in [3.8, 4) is 11.4 Å². The number of H-pyrrole nitrogens is 1. The van der Waals surface area contributed by atoms with Gasteiger partial charge in [0.25, 0.3) is 5.91 Å². The van der Waals surface area contributed by atoms with Crippen LogP contribution in [0, 0.1) is 5.92 Å². The number of carbonyl (C=O) groups excluding carboxylic acids is 1. The molecule has 0 bridgehead atoms. The van der Waals surface area contributed by atoms with Crippen molar-refractivity contribution in [1.82, 2.24) is 19.8 Å². The van der Waals surface area contributed by atoms with Crippen molar-refractivity contribution in [3.05, 3.63) is 53.1 Å². The molecule has 0 saturated carbocycles. The summed E-state index contributed by atoms with van der Waals surface area (Å²) >= 11 is 5.99. The van der Waals surface area contributed by atoms with Gasteiger partial charge < -0.3 is 14.8 Å². The van der Waals surface area contributed by atoms with Crippen molar-refractivity contribution in [1.29, 1.82) is 0 Å². The number of hydrogen-bond donors (Lipinski definition) is 1. The van der Waals surface area contributed by atoms with Crippen LogP contribution in [-0.4, -0.2) is 58.4 Å². The molecule has 1 amide bonds. The molecule has 29 heavy (non-hydrogen) atoms. The molecule has 2 aromatic carbocycles. The van der Waals surface area contributed by atoms with Crippen LogP contribution >= 0.6 is 11.6 Å². The van der Waals surface area contributed by atoms with Gasteiger partial charge in [-0.3, -0.25) is 4.79 Å². The molecule has 2 aliphatic heterocycles. The Bertz CT molecular complexity index is 1040. The molecule has 5 rings (SSSR count). The molecule has 1 aromatic heterocycles. The van der Waals surface area contributed by atoms with Crippen molar-refractivity contribution < 1.29 is 4.79 Å². The second-order valence-corrected chi connectivity index (χ2v) is 8.78. The first-order chi connectivity index (χ1) is 14.1. The van der Waals surface area contributed by atoms with Crippen LogP contribution in [0.5, 0.6) is 0 Å². The van der Waals surface area contributed by atoms with E-state index in [0.29, 0.717) is 17.0 Å². The molecule has 1 N–H and O–H groups in total. The summed E-state index contributed by atoms with van der Waals surface area (Å²) in [5.41, 5.74) is 3.46. The van der Waals surface area contributed by atoms with Crippen molar-refractivity contribution >= 4 is 28.5 Å². The Labute approximate surface area is 175 Å². The molecule has 2 atom stereocenters. The van der Waals surface area contributed by atoms with Gasteiger partial charge in [-0.05, 0) is 81.2 Å². The minimum Gasteiger partial charge on any atom is -0.338 e. The Morgan fingerprint density at radius 1 is 1.14 bits per heavy atom. The summed E-state index contributed by atoms with van der Waals surface area (Å²) in [6.07, 6.45) is 3.39. The highest BCUT2D eigenvalue weighted by Gasteiger charge is 2.37. The number of imidazole rings is 1. The van der Waals surface area contributed by atoms with Gasteiger partial charge in [0.2, 0.25) is 0 Å². The summed E-state index contributed by atoms with van der Waals surface area (Å²) in [7, 11) is 2.18. The van der Waals surface area contributed by atoms with Crippen LogP contribution in [0.3, 0.4) is 0 Å².